The van der Waals surface area contributed by atoms with E-state index in [-0.39, 0.29) is 5.56 Å². The minimum absolute atomic E-state index is 0.0597. The molecule has 0 atom stereocenters. The third-order valence-electron chi connectivity index (χ3n) is 2.58. The molecular formula is C11H10N4O. The first-order chi connectivity index (χ1) is 7.75. The van der Waals surface area contributed by atoms with E-state index in [1.54, 1.807) is 34.0 Å². The molecule has 0 unspecified atom stereocenters. The quantitative estimate of drug-likeness (QED) is 0.658. The minimum Gasteiger partial charge on any atom is -0.357 e. The van der Waals surface area contributed by atoms with Crippen molar-refractivity contribution in [1.82, 2.24) is 19.3 Å². The number of aryl methyl sites for hydroxylation is 1. The maximum Gasteiger partial charge on any atom is 0.279 e. The van der Waals surface area contributed by atoms with Crippen molar-refractivity contribution < 1.29 is 0 Å². The molecule has 0 aromatic carbocycles. The molecule has 0 amide bonds. The second-order valence-corrected chi connectivity index (χ2v) is 3.67. The van der Waals surface area contributed by atoms with Crippen LogP contribution < -0.4 is 5.56 Å². The predicted molar refractivity (Wildman–Crippen MR) is 60.7 cm³/mol. The summed E-state index contributed by atoms with van der Waals surface area (Å²) >= 11 is 0. The molecule has 3 rings (SSSR count). The highest BCUT2D eigenvalue weighted by Gasteiger charge is 2.06. The normalized spacial score (nSPS) is 11.1. The maximum atomic E-state index is 12.1. The highest BCUT2D eigenvalue weighted by Crippen LogP contribution is 2.09. The van der Waals surface area contributed by atoms with Crippen LogP contribution in [0.25, 0.3) is 16.6 Å². The average Bonchev–Trinajstić information content (AvgIpc) is 2.87. The molecule has 0 saturated heterocycles. The molecule has 0 radical (unpaired) electrons. The van der Waals surface area contributed by atoms with Crippen LogP contribution in [0.3, 0.4) is 0 Å². The monoisotopic (exact) mass is 214 g/mol. The maximum absolute atomic E-state index is 12.1. The fourth-order valence-electron chi connectivity index (χ4n) is 1.78. The largest absolute Gasteiger partial charge is 0.357 e. The van der Waals surface area contributed by atoms with Gasteiger partial charge in [0.05, 0.1) is 11.9 Å². The van der Waals surface area contributed by atoms with Crippen LogP contribution in [0.5, 0.6) is 0 Å². The van der Waals surface area contributed by atoms with Crippen molar-refractivity contribution in [3.63, 3.8) is 0 Å². The summed E-state index contributed by atoms with van der Waals surface area (Å²) in [5.74, 6) is 0. The lowest BCUT2D eigenvalue weighted by molar-refractivity contribution is 0.767. The second kappa shape index (κ2) is 3.10. The summed E-state index contributed by atoms with van der Waals surface area (Å²) in [5, 5.41) is 4.97. The Balaban J connectivity index is 2.32. The van der Waals surface area contributed by atoms with Crippen LogP contribution in [0.4, 0.5) is 0 Å². The van der Waals surface area contributed by atoms with Gasteiger partial charge in [-0.3, -0.25) is 14.0 Å². The van der Waals surface area contributed by atoms with Crippen molar-refractivity contribution >= 4 is 10.9 Å². The van der Waals surface area contributed by atoms with Crippen LogP contribution >= 0.6 is 0 Å². The zero-order chi connectivity index (χ0) is 11.1. The smallest absolute Gasteiger partial charge is 0.279 e. The highest BCUT2D eigenvalue weighted by molar-refractivity contribution is 5.78. The number of aromatic nitrogens is 4. The minimum atomic E-state index is -0.0597. The molecule has 1 N–H and O–H groups in total. The fraction of sp³-hybridized carbons (Fsp3) is 0.0909. The molecular weight excluding hydrogens is 204 g/mol. The van der Waals surface area contributed by atoms with Crippen molar-refractivity contribution in [2.45, 2.75) is 0 Å². The first-order valence-corrected chi connectivity index (χ1v) is 4.93. The SMILES string of the molecule is Cn1cc(-n2ccc3cc[nH]c3c2=O)cn1. The van der Waals surface area contributed by atoms with Gasteiger partial charge >= 0.3 is 0 Å². The third-order valence-corrected chi connectivity index (χ3v) is 2.58. The molecule has 5 nitrogen and oxygen atoms in total. The van der Waals surface area contributed by atoms with Crippen LogP contribution in [0, 0.1) is 0 Å². The van der Waals surface area contributed by atoms with Gasteiger partial charge in [0.2, 0.25) is 0 Å². The molecule has 5 heteroatoms. The summed E-state index contributed by atoms with van der Waals surface area (Å²) in [7, 11) is 1.82. The van der Waals surface area contributed by atoms with Gasteiger partial charge in [-0.1, -0.05) is 0 Å². The Bertz CT molecular complexity index is 704. The molecule has 0 saturated carbocycles. The van der Waals surface area contributed by atoms with Gasteiger partial charge in [-0.2, -0.15) is 5.10 Å². The van der Waals surface area contributed by atoms with E-state index in [1.807, 2.05) is 19.2 Å². The van der Waals surface area contributed by atoms with Gasteiger partial charge in [0.1, 0.15) is 5.52 Å². The van der Waals surface area contributed by atoms with Gasteiger partial charge in [-0.05, 0) is 12.1 Å². The lowest BCUT2D eigenvalue weighted by Crippen LogP contribution is -2.17. The zero-order valence-electron chi connectivity index (χ0n) is 8.71. The first kappa shape index (κ1) is 8.96. The van der Waals surface area contributed by atoms with E-state index in [9.17, 15) is 4.79 Å². The molecule has 0 bridgehead atoms. The Labute approximate surface area is 90.9 Å². The number of pyridine rings is 1. The van der Waals surface area contributed by atoms with E-state index in [4.69, 9.17) is 0 Å². The van der Waals surface area contributed by atoms with Gasteiger partial charge in [0.25, 0.3) is 5.56 Å². The summed E-state index contributed by atoms with van der Waals surface area (Å²) in [6.45, 7) is 0. The molecule has 0 spiro atoms. The summed E-state index contributed by atoms with van der Waals surface area (Å²) in [6, 6.07) is 3.78. The van der Waals surface area contributed by atoms with Crippen molar-refractivity contribution in [2.24, 2.45) is 7.05 Å². The molecule has 80 valence electrons. The number of hydrogen-bond acceptors (Lipinski definition) is 2. The Morgan fingerprint density at radius 1 is 1.38 bits per heavy atom. The van der Waals surface area contributed by atoms with E-state index in [0.717, 1.165) is 11.1 Å². The Hall–Kier alpha value is -2.30. The number of rotatable bonds is 1. The molecule has 0 aliphatic rings. The summed E-state index contributed by atoms with van der Waals surface area (Å²) in [4.78, 5) is 15.0. The third kappa shape index (κ3) is 1.18. The van der Waals surface area contributed by atoms with E-state index in [2.05, 4.69) is 10.1 Å². The number of nitrogens with zero attached hydrogens (tertiary/aromatic N) is 3. The van der Waals surface area contributed by atoms with Gasteiger partial charge < -0.3 is 4.98 Å². The van der Waals surface area contributed by atoms with Crippen LogP contribution in [-0.4, -0.2) is 19.3 Å². The zero-order valence-corrected chi connectivity index (χ0v) is 8.71. The summed E-state index contributed by atoms with van der Waals surface area (Å²) in [5.41, 5.74) is 1.32. The topological polar surface area (TPSA) is 55.6 Å². The molecule has 3 aromatic heterocycles. The van der Waals surface area contributed by atoms with Crippen LogP contribution in [0.1, 0.15) is 0 Å². The molecule has 0 aliphatic heterocycles. The van der Waals surface area contributed by atoms with Crippen molar-refractivity contribution in [3.8, 4) is 5.69 Å². The average molecular weight is 214 g/mol. The molecule has 0 fully saturated rings. The number of fused-ring (bicyclic) bond motifs is 1. The summed E-state index contributed by atoms with van der Waals surface area (Å²) < 4.78 is 3.24. The van der Waals surface area contributed by atoms with Crippen molar-refractivity contribution in [2.75, 3.05) is 0 Å². The summed E-state index contributed by atoms with van der Waals surface area (Å²) in [6.07, 6.45) is 6.99. The van der Waals surface area contributed by atoms with Gasteiger partial charge in [0, 0.05) is 31.0 Å². The second-order valence-electron chi connectivity index (χ2n) is 3.67. The van der Waals surface area contributed by atoms with Crippen LogP contribution in [-0.2, 0) is 7.05 Å². The van der Waals surface area contributed by atoms with E-state index >= 15 is 0 Å². The molecule has 16 heavy (non-hydrogen) atoms. The first-order valence-electron chi connectivity index (χ1n) is 4.93. The molecule has 3 aromatic rings. The van der Waals surface area contributed by atoms with E-state index in [0.29, 0.717) is 5.52 Å². The van der Waals surface area contributed by atoms with Crippen molar-refractivity contribution in [1.29, 1.82) is 0 Å². The lowest BCUT2D eigenvalue weighted by Gasteiger charge is -2.01. The van der Waals surface area contributed by atoms with Gasteiger partial charge in [0.15, 0.2) is 0 Å². The van der Waals surface area contributed by atoms with Gasteiger partial charge in [-0.25, -0.2) is 0 Å². The van der Waals surface area contributed by atoms with Crippen molar-refractivity contribution in [3.05, 3.63) is 47.3 Å². The number of hydrogen-bond donors (Lipinski definition) is 1. The number of aromatic amines is 1. The Kier molecular flexibility index (Phi) is 1.73. The predicted octanol–water partition coefficient (Wildman–Crippen LogP) is 1.05. The number of nitrogens with one attached hydrogen (secondary N) is 1. The highest BCUT2D eigenvalue weighted by atomic mass is 16.1. The molecule has 3 heterocycles. The van der Waals surface area contributed by atoms with Crippen LogP contribution in [0.2, 0.25) is 0 Å². The van der Waals surface area contributed by atoms with Crippen LogP contribution in [0.15, 0.2) is 41.7 Å². The Morgan fingerprint density at radius 3 is 3.00 bits per heavy atom. The van der Waals surface area contributed by atoms with E-state index < -0.39 is 0 Å². The fourth-order valence-corrected chi connectivity index (χ4v) is 1.78. The Morgan fingerprint density at radius 2 is 2.25 bits per heavy atom. The van der Waals surface area contributed by atoms with Gasteiger partial charge in [-0.15, -0.1) is 0 Å². The number of H-pyrrole nitrogens is 1. The molecule has 0 aliphatic carbocycles. The standard InChI is InChI=1S/C11H10N4O/c1-14-7-9(6-13-14)15-5-3-8-2-4-12-10(8)11(15)16/h2-7,12H,1H3. The lowest BCUT2D eigenvalue weighted by atomic mass is 10.3. The van der Waals surface area contributed by atoms with E-state index in [1.165, 1.54) is 0 Å².